The second kappa shape index (κ2) is 8.05. The summed E-state index contributed by atoms with van der Waals surface area (Å²) in [5.41, 5.74) is 1.23. The summed E-state index contributed by atoms with van der Waals surface area (Å²) < 4.78 is 11.9. The minimum Gasteiger partial charge on any atom is -0.497 e. The molecule has 0 aromatic heterocycles. The van der Waals surface area contributed by atoms with Gasteiger partial charge in [-0.25, -0.2) is 0 Å². The molecule has 1 N–H and O–H groups in total. The zero-order valence-electron chi connectivity index (χ0n) is 12.3. The maximum Gasteiger partial charge on any atom is 0.120 e. The lowest BCUT2D eigenvalue weighted by molar-refractivity contribution is 0.307. The molecule has 4 heteroatoms. The number of hydrogen-bond acceptors (Lipinski definition) is 3. The van der Waals surface area contributed by atoms with E-state index in [-0.39, 0.29) is 6.04 Å². The molecule has 0 amide bonds. The number of benzene rings is 2. The molecule has 2 rings (SSSR count). The third kappa shape index (κ3) is 5.06. The fourth-order valence-electron chi connectivity index (χ4n) is 2.01. The van der Waals surface area contributed by atoms with E-state index < -0.39 is 0 Å². The third-order valence-corrected chi connectivity index (χ3v) is 3.73. The highest BCUT2D eigenvalue weighted by molar-refractivity contribution is 9.10. The van der Waals surface area contributed by atoms with Gasteiger partial charge in [0, 0.05) is 17.1 Å². The van der Waals surface area contributed by atoms with Crippen molar-refractivity contribution in [2.75, 3.05) is 20.3 Å². The summed E-state index contributed by atoms with van der Waals surface area (Å²) >= 11 is 3.43. The zero-order chi connectivity index (χ0) is 15.1. The largest absolute Gasteiger partial charge is 0.497 e. The quantitative estimate of drug-likeness (QED) is 0.760. The van der Waals surface area contributed by atoms with E-state index in [1.807, 2.05) is 36.4 Å². The molecular formula is C17H20BrNO2. The molecule has 0 aliphatic carbocycles. The summed E-state index contributed by atoms with van der Waals surface area (Å²) in [6.07, 6.45) is 0. The summed E-state index contributed by atoms with van der Waals surface area (Å²) in [6, 6.07) is 16.3. The molecule has 0 aliphatic heterocycles. The predicted molar refractivity (Wildman–Crippen MR) is 89.0 cm³/mol. The molecule has 0 spiro atoms. The van der Waals surface area contributed by atoms with Gasteiger partial charge in [-0.15, -0.1) is 0 Å². The molecule has 0 bridgehead atoms. The van der Waals surface area contributed by atoms with Gasteiger partial charge in [0.05, 0.1) is 7.11 Å². The fourth-order valence-corrected chi connectivity index (χ4v) is 2.39. The van der Waals surface area contributed by atoms with Crippen LogP contribution >= 0.6 is 15.9 Å². The molecule has 0 radical (unpaired) electrons. The molecule has 2 aromatic rings. The molecular weight excluding hydrogens is 330 g/mol. The number of rotatable bonds is 7. The van der Waals surface area contributed by atoms with Gasteiger partial charge in [0.2, 0.25) is 0 Å². The van der Waals surface area contributed by atoms with Crippen molar-refractivity contribution in [2.45, 2.75) is 13.0 Å². The van der Waals surface area contributed by atoms with Gasteiger partial charge < -0.3 is 14.8 Å². The molecule has 3 nitrogen and oxygen atoms in total. The first kappa shape index (κ1) is 15.9. The Labute approximate surface area is 134 Å². The van der Waals surface area contributed by atoms with Crippen LogP contribution in [-0.4, -0.2) is 20.3 Å². The minimum atomic E-state index is 0.280. The van der Waals surface area contributed by atoms with Crippen LogP contribution in [0.5, 0.6) is 11.5 Å². The average Bonchev–Trinajstić information content (AvgIpc) is 2.51. The summed E-state index contributed by atoms with van der Waals surface area (Å²) in [5.74, 6) is 1.76. The molecule has 1 unspecified atom stereocenters. The van der Waals surface area contributed by atoms with E-state index in [1.165, 1.54) is 5.56 Å². The Morgan fingerprint density at radius 3 is 2.52 bits per heavy atom. The number of nitrogens with one attached hydrogen (secondary N) is 1. The predicted octanol–water partition coefficient (Wildman–Crippen LogP) is 4.19. The van der Waals surface area contributed by atoms with Crippen LogP contribution in [0.3, 0.4) is 0 Å². The van der Waals surface area contributed by atoms with Crippen LogP contribution in [0.4, 0.5) is 0 Å². The van der Waals surface area contributed by atoms with E-state index in [0.29, 0.717) is 6.61 Å². The smallest absolute Gasteiger partial charge is 0.120 e. The summed E-state index contributed by atoms with van der Waals surface area (Å²) in [5, 5.41) is 3.44. The van der Waals surface area contributed by atoms with Gasteiger partial charge in [0.25, 0.3) is 0 Å². The molecule has 21 heavy (non-hydrogen) atoms. The molecule has 0 saturated heterocycles. The van der Waals surface area contributed by atoms with Gasteiger partial charge in [0.1, 0.15) is 18.1 Å². The maximum atomic E-state index is 5.70. The van der Waals surface area contributed by atoms with Crippen LogP contribution in [0.25, 0.3) is 0 Å². The number of hydrogen-bond donors (Lipinski definition) is 1. The Kier molecular flexibility index (Phi) is 6.08. The number of halogens is 1. The van der Waals surface area contributed by atoms with Crippen LogP contribution in [0, 0.1) is 0 Å². The van der Waals surface area contributed by atoms with Crippen LogP contribution in [0.15, 0.2) is 53.0 Å². The molecule has 0 saturated carbocycles. The van der Waals surface area contributed by atoms with Crippen molar-refractivity contribution >= 4 is 15.9 Å². The lowest BCUT2D eigenvalue weighted by Crippen LogP contribution is -2.24. The fraction of sp³-hybridized carbons (Fsp3) is 0.294. The Morgan fingerprint density at radius 2 is 1.86 bits per heavy atom. The van der Waals surface area contributed by atoms with Crippen LogP contribution in [-0.2, 0) is 0 Å². The van der Waals surface area contributed by atoms with Crippen LogP contribution in [0.1, 0.15) is 18.5 Å². The molecule has 0 fully saturated rings. The second-order valence-electron chi connectivity index (χ2n) is 4.75. The first-order valence-electron chi connectivity index (χ1n) is 6.95. The number of ether oxygens (including phenoxy) is 2. The van der Waals surface area contributed by atoms with Gasteiger partial charge in [-0.2, -0.15) is 0 Å². The highest BCUT2D eigenvalue weighted by Crippen LogP contribution is 2.18. The zero-order valence-corrected chi connectivity index (χ0v) is 13.9. The minimum absolute atomic E-state index is 0.280. The van der Waals surface area contributed by atoms with E-state index in [4.69, 9.17) is 9.47 Å². The van der Waals surface area contributed by atoms with E-state index in [9.17, 15) is 0 Å². The average molecular weight is 350 g/mol. The lowest BCUT2D eigenvalue weighted by Gasteiger charge is -2.15. The summed E-state index contributed by atoms with van der Waals surface area (Å²) in [7, 11) is 1.68. The first-order valence-corrected chi connectivity index (χ1v) is 7.74. The first-order chi connectivity index (χ1) is 10.2. The summed E-state index contributed by atoms with van der Waals surface area (Å²) in [6.45, 7) is 3.57. The van der Waals surface area contributed by atoms with Crippen molar-refractivity contribution in [3.63, 3.8) is 0 Å². The molecule has 0 heterocycles. The standard InChI is InChI=1S/C17H20BrNO2/c1-13(14-6-8-16(20-2)9-7-14)19-10-11-21-17-5-3-4-15(18)12-17/h3-9,12-13,19H,10-11H2,1-2H3. The van der Waals surface area contributed by atoms with Gasteiger partial charge >= 0.3 is 0 Å². The SMILES string of the molecule is COc1ccc(C(C)NCCOc2cccc(Br)c2)cc1. The Balaban J connectivity index is 1.74. The Bertz CT molecular complexity index is 557. The van der Waals surface area contributed by atoms with Crippen molar-refractivity contribution in [1.29, 1.82) is 0 Å². The van der Waals surface area contributed by atoms with Crippen molar-refractivity contribution < 1.29 is 9.47 Å². The highest BCUT2D eigenvalue weighted by Gasteiger charge is 2.04. The molecule has 112 valence electrons. The topological polar surface area (TPSA) is 30.5 Å². The normalized spacial score (nSPS) is 12.0. The lowest BCUT2D eigenvalue weighted by atomic mass is 10.1. The van der Waals surface area contributed by atoms with Crippen LogP contribution < -0.4 is 14.8 Å². The third-order valence-electron chi connectivity index (χ3n) is 3.23. The molecule has 1 atom stereocenters. The van der Waals surface area contributed by atoms with Crippen molar-refractivity contribution in [1.82, 2.24) is 5.32 Å². The van der Waals surface area contributed by atoms with Crippen molar-refractivity contribution in [3.05, 3.63) is 58.6 Å². The van der Waals surface area contributed by atoms with Crippen LogP contribution in [0.2, 0.25) is 0 Å². The van der Waals surface area contributed by atoms with Crippen molar-refractivity contribution in [2.24, 2.45) is 0 Å². The van der Waals surface area contributed by atoms with E-state index in [2.05, 4.69) is 40.3 Å². The van der Waals surface area contributed by atoms with Gasteiger partial charge in [-0.1, -0.05) is 34.1 Å². The molecule has 0 aliphatic rings. The van der Waals surface area contributed by atoms with Crippen molar-refractivity contribution in [3.8, 4) is 11.5 Å². The summed E-state index contributed by atoms with van der Waals surface area (Å²) in [4.78, 5) is 0. The van der Waals surface area contributed by atoms with E-state index in [0.717, 1.165) is 22.5 Å². The Morgan fingerprint density at radius 1 is 1.10 bits per heavy atom. The highest BCUT2D eigenvalue weighted by atomic mass is 79.9. The van der Waals surface area contributed by atoms with Gasteiger partial charge in [0.15, 0.2) is 0 Å². The van der Waals surface area contributed by atoms with Gasteiger partial charge in [-0.05, 0) is 42.8 Å². The molecule has 2 aromatic carbocycles. The second-order valence-corrected chi connectivity index (χ2v) is 5.67. The van der Waals surface area contributed by atoms with E-state index in [1.54, 1.807) is 7.11 Å². The van der Waals surface area contributed by atoms with Gasteiger partial charge in [-0.3, -0.25) is 0 Å². The van der Waals surface area contributed by atoms with E-state index >= 15 is 0 Å². The monoisotopic (exact) mass is 349 g/mol. The maximum absolute atomic E-state index is 5.70. The number of methoxy groups -OCH3 is 1. The Hall–Kier alpha value is -1.52.